The van der Waals surface area contributed by atoms with E-state index in [-0.39, 0.29) is 24.8 Å². The average molecular weight is 426 g/mol. The minimum absolute atomic E-state index is 0.0823. The van der Waals surface area contributed by atoms with Crippen molar-refractivity contribution in [3.05, 3.63) is 59.6 Å². The van der Waals surface area contributed by atoms with Crippen LogP contribution in [0.1, 0.15) is 12.6 Å². The van der Waals surface area contributed by atoms with Crippen LogP contribution in [0.2, 0.25) is 0 Å². The lowest BCUT2D eigenvalue weighted by Crippen LogP contribution is -2.24. The third-order valence-corrected chi connectivity index (χ3v) is 5.01. The maximum Gasteiger partial charge on any atom is 0.257 e. The van der Waals surface area contributed by atoms with E-state index in [1.54, 1.807) is 31.3 Å². The van der Waals surface area contributed by atoms with Gasteiger partial charge in [0.1, 0.15) is 16.5 Å². The number of likely N-dealkylation sites (N-methyl/N-ethyl adjacent to an activating group) is 1. The zero-order valence-electron chi connectivity index (χ0n) is 16.8. The smallest absolute Gasteiger partial charge is 0.257 e. The van der Waals surface area contributed by atoms with E-state index in [4.69, 9.17) is 9.47 Å². The predicted octanol–water partition coefficient (Wildman–Crippen LogP) is 3.51. The van der Waals surface area contributed by atoms with Crippen molar-refractivity contribution in [2.75, 3.05) is 25.6 Å². The van der Waals surface area contributed by atoms with Gasteiger partial charge in [0.05, 0.1) is 18.7 Å². The van der Waals surface area contributed by atoms with Crippen molar-refractivity contribution in [1.29, 1.82) is 0 Å². The van der Waals surface area contributed by atoms with Crippen LogP contribution in [0.4, 0.5) is 5.69 Å². The zero-order valence-corrected chi connectivity index (χ0v) is 17.6. The highest BCUT2D eigenvalue weighted by molar-refractivity contribution is 7.13. The lowest BCUT2D eigenvalue weighted by atomic mass is 10.2. The number of aromatic nitrogens is 1. The normalized spacial score (nSPS) is 10.3. The Morgan fingerprint density at radius 1 is 1.03 bits per heavy atom. The summed E-state index contributed by atoms with van der Waals surface area (Å²) in [5.74, 6) is 0.917. The summed E-state index contributed by atoms with van der Waals surface area (Å²) in [6.45, 7) is 2.49. The molecule has 3 rings (SSSR count). The van der Waals surface area contributed by atoms with E-state index < -0.39 is 0 Å². The number of thiazole rings is 1. The second-order valence-corrected chi connectivity index (χ2v) is 7.17. The molecule has 7 nitrogen and oxygen atoms in total. The summed E-state index contributed by atoms with van der Waals surface area (Å²) in [6, 6.07) is 14.6. The number of hydrogen-bond donors (Lipinski definition) is 2. The summed E-state index contributed by atoms with van der Waals surface area (Å²) in [4.78, 5) is 28.2. The fourth-order valence-corrected chi connectivity index (χ4v) is 3.46. The molecule has 0 bridgehead atoms. The first-order valence-corrected chi connectivity index (χ1v) is 10.4. The molecule has 0 atom stereocenters. The second-order valence-electron chi connectivity index (χ2n) is 6.32. The van der Waals surface area contributed by atoms with Gasteiger partial charge in [-0.1, -0.05) is 6.07 Å². The topological polar surface area (TPSA) is 89.6 Å². The average Bonchev–Trinajstić information content (AvgIpc) is 3.21. The molecule has 0 aliphatic heterocycles. The maximum absolute atomic E-state index is 12.4. The molecule has 8 heteroatoms. The highest BCUT2D eigenvalue weighted by Gasteiger charge is 2.10. The van der Waals surface area contributed by atoms with Crippen molar-refractivity contribution in [2.24, 2.45) is 0 Å². The molecular weight excluding hydrogens is 402 g/mol. The van der Waals surface area contributed by atoms with Crippen LogP contribution in [-0.4, -0.2) is 37.1 Å². The Kier molecular flexibility index (Phi) is 7.40. The maximum atomic E-state index is 12.4. The monoisotopic (exact) mass is 425 g/mol. The summed E-state index contributed by atoms with van der Waals surface area (Å²) in [7, 11) is 1.54. The first-order chi connectivity index (χ1) is 14.6. The molecular formula is C22H23N3O4S. The van der Waals surface area contributed by atoms with Crippen molar-refractivity contribution < 1.29 is 19.1 Å². The first kappa shape index (κ1) is 21.3. The van der Waals surface area contributed by atoms with E-state index in [0.717, 1.165) is 16.3 Å². The van der Waals surface area contributed by atoms with Crippen molar-refractivity contribution in [1.82, 2.24) is 10.3 Å². The number of ether oxygens (including phenoxy) is 2. The summed E-state index contributed by atoms with van der Waals surface area (Å²) in [5, 5.41) is 8.05. The molecule has 1 aromatic heterocycles. The molecule has 0 aliphatic rings. The standard InChI is InChI=1S/C22H23N3O4S/c1-3-28-18-9-7-15(8-10-18)22-25-17(14-30-22)12-20(26)24-16-5-4-6-19(11-16)29-13-21(27)23-2/h4-11,14H,3,12-13H2,1-2H3,(H,23,27)(H,24,26). The summed E-state index contributed by atoms with van der Waals surface area (Å²) in [6.07, 6.45) is 0.164. The number of benzene rings is 2. The number of nitrogens with zero attached hydrogens (tertiary/aromatic N) is 1. The molecule has 1 heterocycles. The molecule has 0 radical (unpaired) electrons. The van der Waals surface area contributed by atoms with Gasteiger partial charge in [-0.25, -0.2) is 4.98 Å². The number of carbonyl (C=O) groups is 2. The van der Waals surface area contributed by atoms with E-state index in [1.165, 1.54) is 11.3 Å². The van der Waals surface area contributed by atoms with Crippen molar-refractivity contribution in [3.8, 4) is 22.1 Å². The van der Waals surface area contributed by atoms with Crippen LogP contribution in [-0.2, 0) is 16.0 Å². The SMILES string of the molecule is CCOc1ccc(-c2nc(CC(=O)Nc3cccc(OCC(=O)NC)c3)cs2)cc1. The quantitative estimate of drug-likeness (QED) is 0.548. The molecule has 2 N–H and O–H groups in total. The second kappa shape index (κ2) is 10.4. The van der Waals surface area contributed by atoms with E-state index in [1.807, 2.05) is 36.6 Å². The lowest BCUT2D eigenvalue weighted by molar-refractivity contribution is -0.122. The van der Waals surface area contributed by atoms with Gasteiger partial charge in [0.25, 0.3) is 5.91 Å². The van der Waals surface area contributed by atoms with Crippen LogP contribution in [0, 0.1) is 0 Å². The minimum Gasteiger partial charge on any atom is -0.494 e. The van der Waals surface area contributed by atoms with Crippen molar-refractivity contribution >= 4 is 28.8 Å². The van der Waals surface area contributed by atoms with Crippen LogP contribution in [0.5, 0.6) is 11.5 Å². The number of carbonyl (C=O) groups excluding carboxylic acids is 2. The number of anilines is 1. The minimum atomic E-state index is -0.226. The van der Waals surface area contributed by atoms with Gasteiger partial charge in [-0.2, -0.15) is 0 Å². The largest absolute Gasteiger partial charge is 0.494 e. The van der Waals surface area contributed by atoms with Crippen LogP contribution >= 0.6 is 11.3 Å². The molecule has 3 aromatic rings. The van der Waals surface area contributed by atoms with E-state index in [2.05, 4.69) is 15.6 Å². The van der Waals surface area contributed by atoms with Crippen molar-refractivity contribution in [3.63, 3.8) is 0 Å². The third kappa shape index (κ3) is 6.05. The molecule has 2 aromatic carbocycles. The zero-order chi connectivity index (χ0) is 21.3. The molecule has 0 saturated carbocycles. The molecule has 30 heavy (non-hydrogen) atoms. The fourth-order valence-electron chi connectivity index (χ4n) is 2.64. The van der Waals surface area contributed by atoms with Crippen LogP contribution in [0.25, 0.3) is 10.6 Å². The molecule has 156 valence electrons. The third-order valence-electron chi connectivity index (χ3n) is 4.07. The Balaban J connectivity index is 1.57. The molecule has 0 saturated heterocycles. The molecule has 0 aliphatic carbocycles. The number of amides is 2. The van der Waals surface area contributed by atoms with Gasteiger partial charge in [0.15, 0.2) is 6.61 Å². The Labute approximate surface area is 179 Å². The van der Waals surface area contributed by atoms with Crippen LogP contribution in [0.15, 0.2) is 53.9 Å². The Bertz CT molecular complexity index is 1000. The predicted molar refractivity (Wildman–Crippen MR) is 117 cm³/mol. The van der Waals surface area contributed by atoms with Gasteiger partial charge in [-0.05, 0) is 43.3 Å². The molecule has 0 spiro atoms. The van der Waals surface area contributed by atoms with Crippen LogP contribution < -0.4 is 20.1 Å². The molecule has 2 amide bonds. The van der Waals surface area contributed by atoms with Gasteiger partial charge in [0.2, 0.25) is 5.91 Å². The van der Waals surface area contributed by atoms with Crippen LogP contribution in [0.3, 0.4) is 0 Å². The highest BCUT2D eigenvalue weighted by Crippen LogP contribution is 2.26. The fraction of sp³-hybridized carbons (Fsp3) is 0.227. The summed E-state index contributed by atoms with van der Waals surface area (Å²) in [5.41, 5.74) is 2.28. The van der Waals surface area contributed by atoms with E-state index in [9.17, 15) is 9.59 Å². The van der Waals surface area contributed by atoms with Gasteiger partial charge in [-0.15, -0.1) is 11.3 Å². The highest BCUT2D eigenvalue weighted by atomic mass is 32.1. The Morgan fingerprint density at radius 3 is 2.57 bits per heavy atom. The molecule has 0 fully saturated rings. The summed E-state index contributed by atoms with van der Waals surface area (Å²) >= 11 is 1.49. The Hall–Kier alpha value is -3.39. The van der Waals surface area contributed by atoms with E-state index in [0.29, 0.717) is 23.7 Å². The Morgan fingerprint density at radius 2 is 1.83 bits per heavy atom. The molecule has 0 unspecified atom stereocenters. The van der Waals surface area contributed by atoms with E-state index >= 15 is 0 Å². The number of hydrogen-bond acceptors (Lipinski definition) is 6. The van der Waals surface area contributed by atoms with Crippen molar-refractivity contribution in [2.45, 2.75) is 13.3 Å². The first-order valence-electron chi connectivity index (χ1n) is 9.48. The van der Waals surface area contributed by atoms with Gasteiger partial charge in [0, 0.05) is 29.7 Å². The number of nitrogens with one attached hydrogen (secondary N) is 2. The van der Waals surface area contributed by atoms with Gasteiger partial charge in [-0.3, -0.25) is 9.59 Å². The van der Waals surface area contributed by atoms with Gasteiger partial charge >= 0.3 is 0 Å². The summed E-state index contributed by atoms with van der Waals surface area (Å²) < 4.78 is 10.8. The van der Waals surface area contributed by atoms with Gasteiger partial charge < -0.3 is 20.1 Å². The number of rotatable bonds is 9. The lowest BCUT2D eigenvalue weighted by Gasteiger charge is -2.08.